The van der Waals surface area contributed by atoms with Crippen molar-refractivity contribution in [2.75, 3.05) is 30.5 Å². The molecule has 0 fully saturated rings. The zero-order chi connectivity index (χ0) is 26.0. The first-order valence-corrected chi connectivity index (χ1v) is 11.6. The maximum absolute atomic E-state index is 13.1. The highest BCUT2D eigenvalue weighted by Gasteiger charge is 2.33. The van der Waals surface area contributed by atoms with Crippen molar-refractivity contribution < 1.29 is 28.1 Å². The van der Waals surface area contributed by atoms with Gasteiger partial charge in [0.1, 0.15) is 24.3 Å². The Balaban J connectivity index is 1.64. The molecule has 13 heteroatoms. The van der Waals surface area contributed by atoms with Crippen molar-refractivity contribution in [1.82, 2.24) is 15.0 Å². The summed E-state index contributed by atoms with van der Waals surface area (Å²) in [5.41, 5.74) is 1.31. The van der Waals surface area contributed by atoms with Gasteiger partial charge in [0.2, 0.25) is 0 Å². The number of ether oxygens (including phenoxy) is 1. The monoisotopic (exact) mass is 543 g/mol. The summed E-state index contributed by atoms with van der Waals surface area (Å²) in [6, 6.07) is 4.97. The van der Waals surface area contributed by atoms with Gasteiger partial charge in [0.25, 0.3) is 0 Å². The van der Waals surface area contributed by atoms with E-state index in [2.05, 4.69) is 20.3 Å². The fourth-order valence-electron chi connectivity index (χ4n) is 3.88. The van der Waals surface area contributed by atoms with Crippen LogP contribution >= 0.6 is 23.2 Å². The third-order valence-corrected chi connectivity index (χ3v) is 6.21. The topological polar surface area (TPSA) is 104 Å². The van der Waals surface area contributed by atoms with Crippen LogP contribution in [0.4, 0.5) is 30.5 Å². The van der Waals surface area contributed by atoms with Crippen molar-refractivity contribution in [3.05, 3.63) is 68.7 Å². The first-order chi connectivity index (χ1) is 17.1. The second-order valence-electron chi connectivity index (χ2n) is 8.11. The number of aliphatic hydroxyl groups excluding tert-OH is 2. The van der Waals surface area contributed by atoms with E-state index < -0.39 is 29.5 Å². The SMILES string of the molecule is COCc1nc2c(c(Nc3ccc(C(F)(F)F)c(Cl)c3)n1)CCN(c1ncc([C@H](O)CO)cc1Cl)C2. The molecular weight excluding hydrogens is 522 g/mol. The molecule has 1 aliphatic heterocycles. The number of halogens is 5. The van der Waals surface area contributed by atoms with Crippen LogP contribution in [0.1, 0.15) is 34.3 Å². The second kappa shape index (κ2) is 10.7. The number of pyridine rings is 1. The molecule has 192 valence electrons. The Labute approximate surface area is 214 Å². The predicted molar refractivity (Wildman–Crippen MR) is 129 cm³/mol. The summed E-state index contributed by atoms with van der Waals surface area (Å²) in [7, 11) is 1.50. The Morgan fingerprint density at radius 2 is 1.97 bits per heavy atom. The quantitative estimate of drug-likeness (QED) is 0.394. The number of alkyl halides is 3. The lowest BCUT2D eigenvalue weighted by atomic mass is 10.0. The molecule has 0 radical (unpaired) electrons. The molecule has 3 aromatic rings. The highest BCUT2D eigenvalue weighted by Crippen LogP contribution is 2.37. The number of rotatable bonds is 7. The Hall–Kier alpha value is -2.70. The molecule has 3 heterocycles. The summed E-state index contributed by atoms with van der Waals surface area (Å²) < 4.78 is 44.4. The van der Waals surface area contributed by atoms with Crippen molar-refractivity contribution >= 4 is 40.5 Å². The molecule has 1 aliphatic rings. The van der Waals surface area contributed by atoms with Gasteiger partial charge in [-0.05, 0) is 30.7 Å². The van der Waals surface area contributed by atoms with Crippen LogP contribution in [0.2, 0.25) is 10.0 Å². The zero-order valence-corrected chi connectivity index (χ0v) is 20.5. The average molecular weight is 544 g/mol. The summed E-state index contributed by atoms with van der Waals surface area (Å²) >= 11 is 12.3. The van der Waals surface area contributed by atoms with Gasteiger partial charge in [0.15, 0.2) is 5.82 Å². The second-order valence-corrected chi connectivity index (χ2v) is 8.92. The summed E-state index contributed by atoms with van der Waals surface area (Å²) in [6.45, 7) is 0.527. The fourth-order valence-corrected chi connectivity index (χ4v) is 4.47. The van der Waals surface area contributed by atoms with Gasteiger partial charge in [0, 0.05) is 36.7 Å². The van der Waals surface area contributed by atoms with Crippen LogP contribution < -0.4 is 10.2 Å². The Kier molecular flexibility index (Phi) is 7.86. The van der Waals surface area contributed by atoms with Crippen LogP contribution in [0, 0.1) is 0 Å². The summed E-state index contributed by atoms with van der Waals surface area (Å²) in [4.78, 5) is 15.4. The van der Waals surface area contributed by atoms with Crippen LogP contribution in [0.15, 0.2) is 30.5 Å². The lowest BCUT2D eigenvalue weighted by Gasteiger charge is -2.31. The average Bonchev–Trinajstić information content (AvgIpc) is 2.82. The normalized spacial score (nSPS) is 14.5. The number of methoxy groups -OCH3 is 1. The molecule has 36 heavy (non-hydrogen) atoms. The number of nitrogens with zero attached hydrogens (tertiary/aromatic N) is 4. The molecule has 0 spiro atoms. The van der Waals surface area contributed by atoms with Crippen LogP contribution in [-0.2, 0) is 30.5 Å². The number of benzene rings is 1. The smallest absolute Gasteiger partial charge is 0.393 e. The number of anilines is 3. The van der Waals surface area contributed by atoms with E-state index in [9.17, 15) is 18.3 Å². The van der Waals surface area contributed by atoms with E-state index in [1.807, 2.05) is 4.90 Å². The van der Waals surface area contributed by atoms with Crippen LogP contribution in [0.5, 0.6) is 0 Å². The number of aromatic nitrogens is 3. The fraction of sp³-hybridized carbons (Fsp3) is 0.348. The first kappa shape index (κ1) is 26.4. The summed E-state index contributed by atoms with van der Waals surface area (Å²) in [6.07, 6.45) is -3.68. The summed E-state index contributed by atoms with van der Waals surface area (Å²) in [5, 5.41) is 21.9. The molecule has 8 nitrogen and oxygen atoms in total. The van der Waals surface area contributed by atoms with Gasteiger partial charge in [-0.2, -0.15) is 13.2 Å². The third-order valence-electron chi connectivity index (χ3n) is 5.62. The number of fused-ring (bicyclic) bond motifs is 1. The van der Waals surface area contributed by atoms with Gasteiger partial charge in [-0.25, -0.2) is 15.0 Å². The number of hydrogen-bond acceptors (Lipinski definition) is 8. The molecule has 1 atom stereocenters. The Morgan fingerprint density at radius 1 is 1.19 bits per heavy atom. The highest BCUT2D eigenvalue weighted by molar-refractivity contribution is 6.33. The zero-order valence-electron chi connectivity index (χ0n) is 19.0. The van der Waals surface area contributed by atoms with Crippen LogP contribution in [0.3, 0.4) is 0 Å². The Bertz CT molecular complexity index is 1260. The number of nitrogens with one attached hydrogen (secondary N) is 1. The number of aliphatic hydroxyl groups is 2. The van der Waals surface area contributed by atoms with Crippen LogP contribution in [-0.4, -0.2) is 45.4 Å². The van der Waals surface area contributed by atoms with Crippen molar-refractivity contribution in [2.45, 2.75) is 31.9 Å². The van der Waals surface area contributed by atoms with Crippen LogP contribution in [0.25, 0.3) is 0 Å². The van der Waals surface area contributed by atoms with E-state index in [4.69, 9.17) is 33.0 Å². The van der Waals surface area contributed by atoms with Gasteiger partial charge < -0.3 is 25.2 Å². The molecule has 0 aliphatic carbocycles. The van der Waals surface area contributed by atoms with Gasteiger partial charge in [-0.15, -0.1) is 0 Å². The molecule has 0 saturated heterocycles. The summed E-state index contributed by atoms with van der Waals surface area (Å²) in [5.74, 6) is 1.33. The van der Waals surface area contributed by atoms with E-state index in [-0.39, 0.29) is 6.61 Å². The third kappa shape index (κ3) is 5.65. The minimum absolute atomic E-state index is 0.127. The lowest BCUT2D eigenvalue weighted by molar-refractivity contribution is -0.137. The maximum atomic E-state index is 13.1. The number of hydrogen-bond donors (Lipinski definition) is 3. The van der Waals surface area contributed by atoms with Gasteiger partial charge in [-0.1, -0.05) is 23.2 Å². The van der Waals surface area contributed by atoms with Gasteiger partial charge >= 0.3 is 6.18 Å². The largest absolute Gasteiger partial charge is 0.417 e. The van der Waals surface area contributed by atoms with Crippen molar-refractivity contribution in [2.24, 2.45) is 0 Å². The van der Waals surface area contributed by atoms with Crippen molar-refractivity contribution in [1.29, 1.82) is 0 Å². The standard InChI is InChI=1S/C23H22Cl2F3N5O3/c1-36-11-20-31-18-9-33(22-17(25)6-12(8-29-22)19(35)10-34)5-4-14(18)21(32-20)30-13-2-3-15(16(24)7-13)23(26,27)28/h2-3,6-8,19,34-35H,4-5,9-11H2,1H3,(H,30,31,32)/t19-/m1/s1. The van der Waals surface area contributed by atoms with E-state index in [0.717, 1.165) is 11.6 Å². The van der Waals surface area contributed by atoms with Gasteiger partial charge in [0.05, 0.1) is 34.5 Å². The maximum Gasteiger partial charge on any atom is 0.417 e. The van der Waals surface area contributed by atoms with E-state index in [1.165, 1.54) is 25.4 Å². The molecule has 0 unspecified atom stereocenters. The van der Waals surface area contributed by atoms with E-state index >= 15 is 0 Å². The minimum atomic E-state index is -4.55. The lowest BCUT2D eigenvalue weighted by Crippen LogP contribution is -2.33. The van der Waals surface area contributed by atoms with Crippen molar-refractivity contribution in [3.63, 3.8) is 0 Å². The highest BCUT2D eigenvalue weighted by atomic mass is 35.5. The van der Waals surface area contributed by atoms with Crippen molar-refractivity contribution in [3.8, 4) is 0 Å². The minimum Gasteiger partial charge on any atom is -0.393 e. The Morgan fingerprint density at radius 3 is 2.61 bits per heavy atom. The molecule has 0 bridgehead atoms. The molecule has 0 saturated carbocycles. The molecule has 3 N–H and O–H groups in total. The molecule has 4 rings (SSSR count). The van der Waals surface area contributed by atoms with E-state index in [0.29, 0.717) is 58.9 Å². The molecular formula is C23H22Cl2F3N5O3. The predicted octanol–water partition coefficient (Wildman–Crippen LogP) is 4.68. The molecule has 2 aromatic heterocycles. The first-order valence-electron chi connectivity index (χ1n) is 10.8. The van der Waals surface area contributed by atoms with Gasteiger partial charge in [-0.3, -0.25) is 0 Å². The molecule has 1 aromatic carbocycles. The van der Waals surface area contributed by atoms with E-state index in [1.54, 1.807) is 6.07 Å². The molecule has 0 amide bonds.